The number of aliphatic carboxylic acids is 1. The average Bonchev–Trinajstić information content (AvgIpc) is 2.36. The van der Waals surface area contributed by atoms with Gasteiger partial charge in [-0.1, -0.05) is 6.92 Å². The second-order valence-corrected chi connectivity index (χ2v) is 5.03. The van der Waals surface area contributed by atoms with Crippen LogP contribution in [0.3, 0.4) is 0 Å². The fourth-order valence-corrected chi connectivity index (χ4v) is 1.94. The summed E-state index contributed by atoms with van der Waals surface area (Å²) in [5, 5.41) is 8.80. The maximum Gasteiger partial charge on any atom is 0.325 e. The molecule has 116 valence electrons. The van der Waals surface area contributed by atoms with E-state index in [0.717, 1.165) is 0 Å². The average molecular weight is 297 g/mol. The zero-order chi connectivity index (χ0) is 16.2. The van der Waals surface area contributed by atoms with Crippen molar-refractivity contribution < 1.29 is 14.7 Å². The zero-order valence-electron chi connectivity index (χ0n) is 12.2. The molecule has 0 aliphatic heterocycles. The van der Waals surface area contributed by atoms with Gasteiger partial charge in [-0.3, -0.25) is 19.4 Å². The van der Waals surface area contributed by atoms with E-state index in [2.05, 4.69) is 9.97 Å². The van der Waals surface area contributed by atoms with Gasteiger partial charge in [-0.25, -0.2) is 4.79 Å². The number of carbonyl (C=O) groups excluding carboxylic acids is 1. The summed E-state index contributed by atoms with van der Waals surface area (Å²) >= 11 is 0. The Balaban J connectivity index is 2.67. The second kappa shape index (κ2) is 6.87. The van der Waals surface area contributed by atoms with Crippen LogP contribution in [0.5, 0.6) is 0 Å². The number of aromatic amines is 2. The number of rotatable bonds is 6. The van der Waals surface area contributed by atoms with E-state index in [1.165, 1.54) is 18.9 Å². The maximum absolute atomic E-state index is 11.9. The van der Waals surface area contributed by atoms with Crippen molar-refractivity contribution in [2.45, 2.75) is 26.7 Å². The smallest absolute Gasteiger partial charge is 0.325 e. The first-order valence-corrected chi connectivity index (χ1v) is 6.51. The molecule has 1 heterocycles. The molecular weight excluding hydrogens is 278 g/mol. The molecule has 0 aliphatic carbocycles. The van der Waals surface area contributed by atoms with Gasteiger partial charge in [-0.2, -0.15) is 0 Å². The Hall–Kier alpha value is -2.38. The molecule has 1 aromatic rings. The minimum atomic E-state index is -0.970. The molecular formula is C13H19N3O5. The number of nitrogens with one attached hydrogen (secondary N) is 2. The number of nitrogens with zero attached hydrogens (tertiary/aromatic N) is 1. The molecule has 1 unspecified atom stereocenters. The molecule has 0 fully saturated rings. The summed E-state index contributed by atoms with van der Waals surface area (Å²) in [6.07, 6.45) is 0.251. The molecule has 8 heteroatoms. The number of amides is 1. The molecule has 21 heavy (non-hydrogen) atoms. The number of carboxylic acid groups (broad SMARTS) is 1. The Morgan fingerprint density at radius 3 is 2.43 bits per heavy atom. The van der Waals surface area contributed by atoms with E-state index in [1.807, 2.05) is 0 Å². The normalized spacial score (nSPS) is 12.0. The number of hydrogen-bond acceptors (Lipinski definition) is 4. The van der Waals surface area contributed by atoms with E-state index in [0.29, 0.717) is 11.3 Å². The number of aryl methyl sites for hydroxylation is 1. The van der Waals surface area contributed by atoms with E-state index in [9.17, 15) is 19.2 Å². The van der Waals surface area contributed by atoms with Crippen LogP contribution in [0.2, 0.25) is 0 Å². The van der Waals surface area contributed by atoms with Gasteiger partial charge in [0.15, 0.2) is 0 Å². The lowest BCUT2D eigenvalue weighted by Crippen LogP contribution is -2.34. The molecule has 0 radical (unpaired) electrons. The summed E-state index contributed by atoms with van der Waals surface area (Å²) in [4.78, 5) is 51.2. The summed E-state index contributed by atoms with van der Waals surface area (Å²) in [6, 6.07) is 0. The lowest BCUT2D eigenvalue weighted by molar-refractivity contribution is -0.142. The third kappa shape index (κ3) is 4.59. The van der Waals surface area contributed by atoms with Gasteiger partial charge in [0.2, 0.25) is 5.91 Å². The molecule has 8 nitrogen and oxygen atoms in total. The molecule has 1 rings (SSSR count). The summed E-state index contributed by atoms with van der Waals surface area (Å²) in [5.41, 5.74) is -0.314. The highest BCUT2D eigenvalue weighted by atomic mass is 16.4. The summed E-state index contributed by atoms with van der Waals surface area (Å²) < 4.78 is 0. The highest BCUT2D eigenvalue weighted by Gasteiger charge is 2.18. The second-order valence-electron chi connectivity index (χ2n) is 5.03. The minimum absolute atomic E-state index is 0.0683. The van der Waals surface area contributed by atoms with Crippen LogP contribution in [0.25, 0.3) is 0 Å². The Morgan fingerprint density at radius 1 is 1.29 bits per heavy atom. The third-order valence-electron chi connectivity index (χ3n) is 3.24. The predicted molar refractivity (Wildman–Crippen MR) is 75.2 cm³/mol. The number of carboxylic acids is 1. The van der Waals surface area contributed by atoms with Gasteiger partial charge in [0.25, 0.3) is 5.56 Å². The first kappa shape index (κ1) is 16.7. The van der Waals surface area contributed by atoms with Gasteiger partial charge in [-0.05, 0) is 13.3 Å². The molecule has 1 atom stereocenters. The number of carbonyl (C=O) groups is 2. The summed E-state index contributed by atoms with van der Waals surface area (Å²) in [7, 11) is 1.52. The first-order valence-electron chi connectivity index (χ1n) is 6.51. The summed E-state index contributed by atoms with van der Waals surface area (Å²) in [6.45, 7) is 3.21. The van der Waals surface area contributed by atoms with Gasteiger partial charge in [0.05, 0.1) is 5.92 Å². The van der Waals surface area contributed by atoms with Gasteiger partial charge in [-0.15, -0.1) is 0 Å². The fraction of sp³-hybridized carbons (Fsp3) is 0.538. The molecule has 0 saturated carbocycles. The maximum atomic E-state index is 11.9. The molecule has 0 aromatic carbocycles. The van der Waals surface area contributed by atoms with E-state index in [-0.39, 0.29) is 25.3 Å². The van der Waals surface area contributed by atoms with Gasteiger partial charge in [0, 0.05) is 31.3 Å². The lowest BCUT2D eigenvalue weighted by Gasteiger charge is -2.19. The van der Waals surface area contributed by atoms with Crippen LogP contribution >= 0.6 is 0 Å². The highest BCUT2D eigenvalue weighted by molar-refractivity contribution is 5.77. The SMILES string of the molecule is Cc1[nH]c(=O)[nH]c(=O)c1CCC(=O)N(C)CC(C)C(=O)O. The topological polar surface area (TPSA) is 123 Å². The van der Waals surface area contributed by atoms with Crippen molar-refractivity contribution in [3.8, 4) is 0 Å². The largest absolute Gasteiger partial charge is 0.481 e. The monoisotopic (exact) mass is 297 g/mol. The first-order chi connectivity index (χ1) is 9.72. The molecule has 0 spiro atoms. The van der Waals surface area contributed by atoms with E-state index in [1.54, 1.807) is 6.92 Å². The predicted octanol–water partition coefficient (Wildman–Crippen LogP) is -0.517. The van der Waals surface area contributed by atoms with Gasteiger partial charge in [0.1, 0.15) is 0 Å². The number of hydrogen-bond donors (Lipinski definition) is 3. The Morgan fingerprint density at radius 2 is 1.90 bits per heavy atom. The van der Waals surface area contributed by atoms with Crippen LogP contribution in [-0.4, -0.2) is 45.4 Å². The van der Waals surface area contributed by atoms with Gasteiger partial charge >= 0.3 is 11.7 Å². The number of H-pyrrole nitrogens is 2. The standard InChI is InChI=1S/C13H19N3O5/c1-7(12(19)20)6-16(3)10(17)5-4-9-8(2)14-13(21)15-11(9)18/h7H,4-6H2,1-3H3,(H,19,20)(H2,14,15,18,21). The van der Waals surface area contributed by atoms with Crippen LogP contribution in [-0.2, 0) is 16.0 Å². The molecule has 1 amide bonds. The van der Waals surface area contributed by atoms with Gasteiger partial charge < -0.3 is 15.0 Å². The lowest BCUT2D eigenvalue weighted by atomic mass is 10.1. The van der Waals surface area contributed by atoms with Crippen molar-refractivity contribution in [1.29, 1.82) is 0 Å². The minimum Gasteiger partial charge on any atom is -0.481 e. The highest BCUT2D eigenvalue weighted by Crippen LogP contribution is 2.04. The Labute approximate surface area is 120 Å². The van der Waals surface area contributed by atoms with Crippen molar-refractivity contribution in [3.05, 3.63) is 32.1 Å². The quantitative estimate of drug-likeness (QED) is 0.652. The number of aromatic nitrogens is 2. The van der Waals surface area contributed by atoms with Crippen LogP contribution in [0.4, 0.5) is 0 Å². The molecule has 0 bridgehead atoms. The van der Waals surface area contributed by atoms with E-state index < -0.39 is 23.1 Å². The molecule has 0 saturated heterocycles. The van der Waals surface area contributed by atoms with E-state index >= 15 is 0 Å². The van der Waals surface area contributed by atoms with Crippen molar-refractivity contribution in [2.24, 2.45) is 5.92 Å². The Bertz CT molecular complexity index is 646. The van der Waals surface area contributed by atoms with Crippen molar-refractivity contribution in [1.82, 2.24) is 14.9 Å². The van der Waals surface area contributed by atoms with Crippen molar-refractivity contribution in [2.75, 3.05) is 13.6 Å². The Kier molecular flexibility index (Phi) is 5.45. The molecule has 0 aliphatic rings. The van der Waals surface area contributed by atoms with Crippen LogP contribution < -0.4 is 11.2 Å². The van der Waals surface area contributed by atoms with Crippen molar-refractivity contribution >= 4 is 11.9 Å². The van der Waals surface area contributed by atoms with Crippen LogP contribution in [0, 0.1) is 12.8 Å². The summed E-state index contributed by atoms with van der Waals surface area (Å²) in [5.74, 6) is -1.88. The van der Waals surface area contributed by atoms with Crippen molar-refractivity contribution in [3.63, 3.8) is 0 Å². The van der Waals surface area contributed by atoms with Crippen LogP contribution in [0.1, 0.15) is 24.6 Å². The van der Waals surface area contributed by atoms with Crippen LogP contribution in [0.15, 0.2) is 9.59 Å². The molecule has 1 aromatic heterocycles. The zero-order valence-corrected chi connectivity index (χ0v) is 12.2. The third-order valence-corrected chi connectivity index (χ3v) is 3.24. The fourth-order valence-electron chi connectivity index (χ4n) is 1.94. The molecule has 3 N–H and O–H groups in total. The van der Waals surface area contributed by atoms with E-state index in [4.69, 9.17) is 5.11 Å².